The van der Waals surface area contributed by atoms with Crippen molar-refractivity contribution in [2.24, 2.45) is 0 Å². The highest BCUT2D eigenvalue weighted by Crippen LogP contribution is 2.39. The highest BCUT2D eigenvalue weighted by atomic mass is 32.1. The maximum Gasteiger partial charge on any atom is 0.264 e. The van der Waals surface area contributed by atoms with E-state index in [1.165, 1.54) is 27.8 Å². The molecule has 1 atom stereocenters. The molecule has 0 unspecified atom stereocenters. The number of aromatic amines is 1. The number of nitrogens with one attached hydrogen (secondary N) is 1. The van der Waals surface area contributed by atoms with Gasteiger partial charge in [0.15, 0.2) is 0 Å². The van der Waals surface area contributed by atoms with Crippen LogP contribution in [-0.2, 0) is 6.42 Å². The monoisotopic (exact) mass is 372 g/mol. The van der Waals surface area contributed by atoms with Crippen LogP contribution in [0.3, 0.4) is 0 Å². The van der Waals surface area contributed by atoms with Crippen molar-refractivity contribution in [2.45, 2.75) is 19.4 Å². The van der Waals surface area contributed by atoms with Crippen LogP contribution in [0.4, 0.5) is 0 Å². The summed E-state index contributed by atoms with van der Waals surface area (Å²) >= 11 is 1.51. The standard InChI is InChI=1S/C23H20N2OS/c1-15-8-10-16(11-9-15)22-21-18(17-5-2-3-6-19(17)24-21)12-13-25(22)23(26)20-7-4-14-27-20/h2-11,14,22,24H,12-13H2,1H3/t22-/m1/s1. The smallest absolute Gasteiger partial charge is 0.264 e. The lowest BCUT2D eigenvalue weighted by Crippen LogP contribution is -2.40. The molecule has 0 spiro atoms. The predicted octanol–water partition coefficient (Wildman–Crippen LogP) is 5.33. The summed E-state index contributed by atoms with van der Waals surface area (Å²) in [5.41, 5.74) is 6.01. The van der Waals surface area contributed by atoms with Crippen molar-refractivity contribution in [2.75, 3.05) is 6.54 Å². The Balaban J connectivity index is 1.68. The Hall–Kier alpha value is -2.85. The van der Waals surface area contributed by atoms with Crippen LogP contribution in [-0.4, -0.2) is 22.3 Å². The fraction of sp³-hybridized carbons (Fsp3) is 0.174. The molecule has 27 heavy (non-hydrogen) atoms. The number of para-hydroxylation sites is 1. The van der Waals surface area contributed by atoms with Crippen molar-refractivity contribution in [3.05, 3.63) is 93.3 Å². The van der Waals surface area contributed by atoms with Gasteiger partial charge >= 0.3 is 0 Å². The SMILES string of the molecule is Cc1ccc([C@@H]2c3[nH]c4ccccc4c3CCN2C(=O)c2cccs2)cc1. The molecule has 2 aromatic carbocycles. The van der Waals surface area contributed by atoms with Gasteiger partial charge in [-0.1, -0.05) is 54.1 Å². The predicted molar refractivity (Wildman–Crippen MR) is 110 cm³/mol. The van der Waals surface area contributed by atoms with Crippen LogP contribution >= 0.6 is 11.3 Å². The average Bonchev–Trinajstić information content (AvgIpc) is 3.35. The summed E-state index contributed by atoms with van der Waals surface area (Å²) in [5, 5.41) is 3.24. The van der Waals surface area contributed by atoms with Crippen molar-refractivity contribution >= 4 is 28.1 Å². The molecule has 0 saturated heterocycles. The minimum Gasteiger partial charge on any atom is -0.356 e. The lowest BCUT2D eigenvalue weighted by Gasteiger charge is -2.36. The third-order valence-corrected chi connectivity index (χ3v) is 6.28. The van der Waals surface area contributed by atoms with Crippen molar-refractivity contribution in [1.82, 2.24) is 9.88 Å². The quantitative estimate of drug-likeness (QED) is 0.507. The summed E-state index contributed by atoms with van der Waals surface area (Å²) < 4.78 is 0. The number of fused-ring (bicyclic) bond motifs is 3. The van der Waals surface area contributed by atoms with Crippen LogP contribution in [0, 0.1) is 6.92 Å². The van der Waals surface area contributed by atoms with Crippen LogP contribution in [0.2, 0.25) is 0 Å². The first-order chi connectivity index (χ1) is 13.2. The molecular formula is C23H20N2OS. The van der Waals surface area contributed by atoms with Gasteiger partial charge in [-0.2, -0.15) is 0 Å². The van der Waals surface area contributed by atoms with Gasteiger partial charge in [-0.25, -0.2) is 0 Å². The van der Waals surface area contributed by atoms with Gasteiger partial charge in [0, 0.05) is 23.1 Å². The second-order valence-corrected chi connectivity index (χ2v) is 8.05. The minimum atomic E-state index is -0.0867. The molecular weight excluding hydrogens is 352 g/mol. The Labute approximate surface area is 162 Å². The average molecular weight is 372 g/mol. The molecule has 0 radical (unpaired) electrons. The number of benzene rings is 2. The minimum absolute atomic E-state index is 0.0867. The molecule has 1 N–H and O–H groups in total. The number of H-pyrrole nitrogens is 1. The Bertz CT molecular complexity index is 1110. The molecule has 1 aliphatic rings. The molecule has 0 aliphatic carbocycles. The van der Waals surface area contributed by atoms with Crippen LogP contribution < -0.4 is 0 Å². The number of hydrogen-bond donors (Lipinski definition) is 1. The third kappa shape index (κ3) is 2.68. The van der Waals surface area contributed by atoms with Crippen molar-refractivity contribution < 1.29 is 4.79 Å². The van der Waals surface area contributed by atoms with Crippen LogP contribution in [0.25, 0.3) is 10.9 Å². The zero-order valence-corrected chi connectivity index (χ0v) is 15.9. The number of amides is 1. The number of aromatic nitrogens is 1. The number of hydrogen-bond acceptors (Lipinski definition) is 2. The molecule has 4 heteroatoms. The Morgan fingerprint density at radius 3 is 2.67 bits per heavy atom. The van der Waals surface area contributed by atoms with E-state index in [9.17, 15) is 4.79 Å². The molecule has 2 aromatic heterocycles. The van der Waals surface area contributed by atoms with Gasteiger partial charge in [-0.15, -0.1) is 11.3 Å². The van der Waals surface area contributed by atoms with E-state index >= 15 is 0 Å². The summed E-state index contributed by atoms with van der Waals surface area (Å²) in [7, 11) is 0. The van der Waals surface area contributed by atoms with E-state index in [0.717, 1.165) is 34.6 Å². The van der Waals surface area contributed by atoms with Gasteiger partial charge in [0.2, 0.25) is 0 Å². The van der Waals surface area contributed by atoms with Gasteiger partial charge in [-0.05, 0) is 42.0 Å². The second kappa shape index (κ2) is 6.39. The molecule has 5 rings (SSSR count). The molecule has 134 valence electrons. The van der Waals surface area contributed by atoms with E-state index in [-0.39, 0.29) is 11.9 Å². The first-order valence-corrected chi connectivity index (χ1v) is 10.1. The van der Waals surface area contributed by atoms with E-state index in [1.807, 2.05) is 22.4 Å². The Morgan fingerprint density at radius 2 is 1.89 bits per heavy atom. The maximum absolute atomic E-state index is 13.3. The highest BCUT2D eigenvalue weighted by Gasteiger charge is 2.35. The van der Waals surface area contributed by atoms with Gasteiger partial charge in [-0.3, -0.25) is 4.79 Å². The summed E-state index contributed by atoms with van der Waals surface area (Å²) in [6, 6.07) is 20.7. The van der Waals surface area contributed by atoms with Gasteiger partial charge < -0.3 is 9.88 Å². The normalized spacial score (nSPS) is 16.5. The molecule has 3 heterocycles. The van der Waals surface area contributed by atoms with E-state index in [2.05, 4.69) is 60.4 Å². The molecule has 1 aliphatic heterocycles. The summed E-state index contributed by atoms with van der Waals surface area (Å²) in [6.07, 6.45) is 0.874. The van der Waals surface area contributed by atoms with Gasteiger partial charge in [0.1, 0.15) is 0 Å². The first-order valence-electron chi connectivity index (χ1n) is 9.23. The fourth-order valence-corrected chi connectivity index (χ4v) is 4.78. The number of carbonyl (C=O) groups is 1. The Kier molecular flexibility index (Phi) is 3.87. The second-order valence-electron chi connectivity index (χ2n) is 7.10. The fourth-order valence-electron chi connectivity index (χ4n) is 4.10. The van der Waals surface area contributed by atoms with Crippen molar-refractivity contribution in [1.29, 1.82) is 0 Å². The number of nitrogens with zero attached hydrogens (tertiary/aromatic N) is 1. The van der Waals surface area contributed by atoms with E-state index in [1.54, 1.807) is 0 Å². The zero-order chi connectivity index (χ0) is 18.4. The largest absolute Gasteiger partial charge is 0.356 e. The van der Waals surface area contributed by atoms with Crippen molar-refractivity contribution in [3.8, 4) is 0 Å². The van der Waals surface area contributed by atoms with Crippen LogP contribution in [0.15, 0.2) is 66.0 Å². The zero-order valence-electron chi connectivity index (χ0n) is 15.1. The summed E-state index contributed by atoms with van der Waals surface area (Å²) in [6.45, 7) is 2.82. The number of thiophene rings is 1. The lowest BCUT2D eigenvalue weighted by atomic mass is 9.92. The van der Waals surface area contributed by atoms with E-state index in [4.69, 9.17) is 0 Å². The molecule has 4 aromatic rings. The highest BCUT2D eigenvalue weighted by molar-refractivity contribution is 7.12. The van der Waals surface area contributed by atoms with Crippen LogP contribution in [0.1, 0.15) is 38.1 Å². The van der Waals surface area contributed by atoms with E-state index in [0.29, 0.717) is 0 Å². The molecule has 0 fully saturated rings. The molecule has 3 nitrogen and oxygen atoms in total. The molecule has 0 saturated carbocycles. The third-order valence-electron chi connectivity index (χ3n) is 5.42. The summed E-state index contributed by atoms with van der Waals surface area (Å²) in [4.78, 5) is 19.7. The van der Waals surface area contributed by atoms with Crippen molar-refractivity contribution in [3.63, 3.8) is 0 Å². The molecule has 1 amide bonds. The topological polar surface area (TPSA) is 36.1 Å². The summed E-state index contributed by atoms with van der Waals surface area (Å²) in [5.74, 6) is 0.111. The lowest BCUT2D eigenvalue weighted by molar-refractivity contribution is 0.0697. The van der Waals surface area contributed by atoms with Gasteiger partial charge in [0.05, 0.1) is 10.9 Å². The van der Waals surface area contributed by atoms with Crippen LogP contribution in [0.5, 0.6) is 0 Å². The first kappa shape index (κ1) is 16.3. The van der Waals surface area contributed by atoms with E-state index < -0.39 is 0 Å². The number of aryl methyl sites for hydroxylation is 1. The Morgan fingerprint density at radius 1 is 1.07 bits per heavy atom. The number of carbonyl (C=O) groups excluding carboxylic acids is 1. The van der Waals surface area contributed by atoms with Gasteiger partial charge in [0.25, 0.3) is 5.91 Å². The molecule has 0 bridgehead atoms. The maximum atomic E-state index is 13.3. The number of rotatable bonds is 2.